The number of terminal acetylenes is 1. The fourth-order valence-corrected chi connectivity index (χ4v) is 2.81. The smallest absolute Gasteiger partial charge is 0.378 e. The zero-order valence-corrected chi connectivity index (χ0v) is 20.0. The number of carbonyl (C=O) groups excluding carboxylic acids is 1. The zero-order chi connectivity index (χ0) is 26.3. The monoisotopic (exact) mass is 503 g/mol. The number of methoxy groups -OCH3 is 1. The van der Waals surface area contributed by atoms with Gasteiger partial charge in [-0.1, -0.05) is 54.1 Å². The molecule has 3 aromatic rings. The van der Waals surface area contributed by atoms with Gasteiger partial charge in [0.05, 0.1) is 29.6 Å². The third kappa shape index (κ3) is 10.4. The normalized spacial score (nSPS) is 10.8. The van der Waals surface area contributed by atoms with Crippen LogP contribution in [-0.2, 0) is 17.9 Å². The number of aromatic nitrogens is 1. The van der Waals surface area contributed by atoms with E-state index in [1.165, 1.54) is 5.01 Å². The molecule has 2 aromatic carbocycles. The summed E-state index contributed by atoms with van der Waals surface area (Å²) in [6.45, 7) is 1.58. The molecule has 0 aliphatic heterocycles. The van der Waals surface area contributed by atoms with Crippen LogP contribution in [0, 0.1) is 12.8 Å². The molecular formula is C26H25ClF3N3O2. The average Bonchev–Trinajstić information content (AvgIpc) is 2.86. The van der Waals surface area contributed by atoms with Crippen molar-refractivity contribution in [1.29, 1.82) is 0 Å². The minimum atomic E-state index is -4.53. The Balaban J connectivity index is 0.000000464. The van der Waals surface area contributed by atoms with Gasteiger partial charge in [-0.2, -0.15) is 18.3 Å². The van der Waals surface area contributed by atoms with Crippen molar-refractivity contribution in [2.75, 3.05) is 12.1 Å². The van der Waals surface area contributed by atoms with Crippen LogP contribution in [0.3, 0.4) is 0 Å². The molecule has 0 saturated carbocycles. The number of halogens is 4. The molecule has 0 spiro atoms. The fourth-order valence-electron chi connectivity index (χ4n) is 2.58. The lowest BCUT2D eigenvalue weighted by Gasteiger charge is -2.22. The first-order chi connectivity index (χ1) is 16.7. The average molecular weight is 504 g/mol. The topological polar surface area (TPSA) is 54.8 Å². The van der Waals surface area contributed by atoms with E-state index in [2.05, 4.69) is 22.9 Å². The van der Waals surface area contributed by atoms with Crippen molar-refractivity contribution < 1.29 is 22.7 Å². The van der Waals surface area contributed by atoms with E-state index in [-0.39, 0.29) is 6.54 Å². The molecule has 0 unspecified atom stereocenters. The van der Waals surface area contributed by atoms with Crippen LogP contribution in [-0.4, -0.2) is 30.3 Å². The maximum Gasteiger partial charge on any atom is 0.430 e. The molecule has 0 radical (unpaired) electrons. The molecule has 0 fully saturated rings. The van der Waals surface area contributed by atoms with E-state index in [1.54, 1.807) is 61.8 Å². The van der Waals surface area contributed by atoms with Crippen LogP contribution in [0.2, 0.25) is 5.02 Å². The Hall–Kier alpha value is -3.67. The predicted octanol–water partition coefficient (Wildman–Crippen LogP) is 6.57. The fraction of sp³-hybridized carbons (Fsp3) is 0.192. The molecule has 0 aliphatic carbocycles. The maximum absolute atomic E-state index is 12.8. The molecule has 0 amide bonds. The van der Waals surface area contributed by atoms with E-state index in [9.17, 15) is 18.0 Å². The number of rotatable bonds is 7. The summed E-state index contributed by atoms with van der Waals surface area (Å²) in [5.74, 6) is 0. The highest BCUT2D eigenvalue weighted by atomic mass is 35.5. The number of hydrogen-bond donors (Lipinski definition) is 0. The first-order valence-electron chi connectivity index (χ1n) is 10.2. The first-order valence-corrected chi connectivity index (χ1v) is 10.5. The van der Waals surface area contributed by atoms with Gasteiger partial charge in [-0.3, -0.25) is 14.8 Å². The van der Waals surface area contributed by atoms with E-state index >= 15 is 0 Å². The highest BCUT2D eigenvalue weighted by molar-refractivity contribution is 6.33. The number of carbonyl (C=O) groups is 1. The lowest BCUT2D eigenvalue weighted by Crippen LogP contribution is -2.26. The van der Waals surface area contributed by atoms with Crippen LogP contribution in [0.25, 0.3) is 0 Å². The van der Waals surface area contributed by atoms with E-state index in [4.69, 9.17) is 16.3 Å². The summed E-state index contributed by atoms with van der Waals surface area (Å²) in [5.41, 5.74) is 1.53. The lowest BCUT2D eigenvalue weighted by atomic mass is 10.1. The number of nitrogens with zero attached hydrogens (tertiary/aromatic N) is 3. The van der Waals surface area contributed by atoms with E-state index in [0.29, 0.717) is 34.7 Å². The number of alkyl halides is 3. The second-order valence-electron chi connectivity index (χ2n) is 6.81. The highest BCUT2D eigenvalue weighted by Crippen LogP contribution is 2.28. The number of hydrogen-bond acceptors (Lipinski definition) is 5. The molecule has 0 saturated heterocycles. The highest BCUT2D eigenvalue weighted by Gasteiger charge is 2.33. The van der Waals surface area contributed by atoms with Gasteiger partial charge in [0.1, 0.15) is 12.0 Å². The molecule has 9 heteroatoms. The van der Waals surface area contributed by atoms with Gasteiger partial charge in [-0.15, -0.1) is 12.8 Å². The van der Waals surface area contributed by atoms with Crippen LogP contribution >= 0.6 is 11.6 Å². The summed E-state index contributed by atoms with van der Waals surface area (Å²) in [6.07, 6.45) is 5.93. The molecule has 184 valence electrons. The summed E-state index contributed by atoms with van der Waals surface area (Å²) in [5, 5.41) is 5.18. The van der Waals surface area contributed by atoms with Gasteiger partial charge < -0.3 is 4.74 Å². The molecule has 1 aromatic heterocycles. The summed E-state index contributed by atoms with van der Waals surface area (Å²) in [4.78, 5) is 14.7. The second-order valence-corrected chi connectivity index (χ2v) is 7.21. The number of ether oxygens (including phenoxy) is 1. The minimum Gasteiger partial charge on any atom is -0.378 e. The molecule has 0 atom stereocenters. The summed E-state index contributed by atoms with van der Waals surface area (Å²) in [6, 6.07) is 18.8. The van der Waals surface area contributed by atoms with Gasteiger partial charge >= 0.3 is 6.18 Å². The van der Waals surface area contributed by atoms with E-state index in [1.807, 2.05) is 18.2 Å². The molecule has 0 N–H and O–H groups in total. The van der Waals surface area contributed by atoms with Crippen LogP contribution in [0.5, 0.6) is 0 Å². The third-order valence-corrected chi connectivity index (χ3v) is 4.60. The largest absolute Gasteiger partial charge is 0.430 e. The second kappa shape index (κ2) is 15.3. The minimum absolute atomic E-state index is 0.0797. The van der Waals surface area contributed by atoms with Gasteiger partial charge in [0.15, 0.2) is 0 Å². The predicted molar refractivity (Wildman–Crippen MR) is 133 cm³/mol. The van der Waals surface area contributed by atoms with Crippen LogP contribution in [0.15, 0.2) is 78.0 Å². The molecule has 3 rings (SSSR count). The molecule has 0 bridgehead atoms. The van der Waals surface area contributed by atoms with Crippen molar-refractivity contribution in [1.82, 2.24) is 4.98 Å². The van der Waals surface area contributed by atoms with Gasteiger partial charge in [-0.05, 0) is 36.8 Å². The molecule has 35 heavy (non-hydrogen) atoms. The Kier molecular flexibility index (Phi) is 12.8. The number of pyridine rings is 1. The summed E-state index contributed by atoms with van der Waals surface area (Å²) < 4.78 is 43.4. The molecule has 5 nitrogen and oxygen atoms in total. The van der Waals surface area contributed by atoms with Crippen molar-refractivity contribution in [2.45, 2.75) is 26.3 Å². The first kappa shape index (κ1) is 29.4. The third-order valence-electron chi connectivity index (χ3n) is 4.28. The van der Waals surface area contributed by atoms with Crippen molar-refractivity contribution >= 4 is 29.3 Å². The van der Waals surface area contributed by atoms with E-state index < -0.39 is 11.9 Å². The summed E-state index contributed by atoms with van der Waals surface area (Å²) >= 11 is 6.09. The Morgan fingerprint density at radius 1 is 1.09 bits per heavy atom. The van der Waals surface area contributed by atoms with Crippen molar-refractivity contribution in [3.63, 3.8) is 0 Å². The van der Waals surface area contributed by atoms with Gasteiger partial charge in [0.2, 0.25) is 0 Å². The van der Waals surface area contributed by atoms with Crippen molar-refractivity contribution in [3.05, 3.63) is 94.8 Å². The number of anilines is 1. The molecular weight excluding hydrogens is 479 g/mol. The van der Waals surface area contributed by atoms with Crippen LogP contribution in [0.1, 0.15) is 28.5 Å². The number of hydrazone groups is 1. The maximum atomic E-state index is 12.8. The van der Waals surface area contributed by atoms with Crippen molar-refractivity contribution in [3.8, 4) is 12.8 Å². The Labute approximate surface area is 208 Å². The number of benzene rings is 2. The van der Waals surface area contributed by atoms with Crippen molar-refractivity contribution in [2.24, 2.45) is 5.10 Å². The Morgan fingerprint density at radius 2 is 1.71 bits per heavy atom. The molecule has 0 aliphatic rings. The molecule has 1 heterocycles. The number of para-hydroxylation sites is 1. The van der Waals surface area contributed by atoms with Gasteiger partial charge in [0.25, 0.3) is 0 Å². The quantitative estimate of drug-likeness (QED) is 0.158. The number of aldehydes is 1. The van der Waals surface area contributed by atoms with Gasteiger partial charge in [-0.25, -0.2) is 0 Å². The Morgan fingerprint density at radius 3 is 2.23 bits per heavy atom. The van der Waals surface area contributed by atoms with Crippen LogP contribution in [0.4, 0.5) is 18.9 Å². The van der Waals surface area contributed by atoms with Gasteiger partial charge in [0, 0.05) is 18.9 Å². The van der Waals surface area contributed by atoms with E-state index in [0.717, 1.165) is 12.6 Å². The Bertz CT molecular complexity index is 1090. The van der Waals surface area contributed by atoms with Crippen LogP contribution < -0.4 is 5.01 Å². The lowest BCUT2D eigenvalue weighted by molar-refractivity contribution is -0.0594. The standard InChI is InChI=1S/C17H14ClF3N2O.C7H9NO.C2H2/c1-12(17(19,20)21)22-23(16-5-3-2-4-15(16)18)10-13-6-8-14(11-24)9-7-13;1-9-6-7-4-2-3-5-8-7;1-2/h2-9,11H,10H2,1H3;2-5H,6H2,1H3;1-2H/b22-12+;;. The SMILES string of the molecule is C#C.C/C(=N\N(Cc1ccc(C=O)cc1)c1ccccc1Cl)C(F)(F)F.COCc1ccccn1. The summed E-state index contributed by atoms with van der Waals surface area (Å²) in [7, 11) is 1.66. The zero-order valence-electron chi connectivity index (χ0n) is 19.2.